The summed E-state index contributed by atoms with van der Waals surface area (Å²) < 4.78 is 0. The van der Waals surface area contributed by atoms with Crippen molar-refractivity contribution in [3.8, 4) is 0 Å². The van der Waals surface area contributed by atoms with E-state index in [9.17, 15) is 19.5 Å². The molecule has 0 saturated heterocycles. The van der Waals surface area contributed by atoms with Gasteiger partial charge in [0.15, 0.2) is 6.10 Å². The van der Waals surface area contributed by atoms with Crippen LogP contribution in [0.25, 0.3) is 0 Å². The fourth-order valence-electron chi connectivity index (χ4n) is 4.73. The van der Waals surface area contributed by atoms with Gasteiger partial charge in [-0.3, -0.25) is 9.69 Å². The topological polar surface area (TPSA) is 119 Å². The zero-order valence-electron chi connectivity index (χ0n) is 21.8. The molecule has 1 saturated carbocycles. The molecule has 1 atom stereocenters. The molecule has 0 spiro atoms. The number of benzene rings is 3. The van der Waals surface area contributed by atoms with Crippen molar-refractivity contribution in [2.75, 3.05) is 16.8 Å². The molecule has 1 aliphatic rings. The van der Waals surface area contributed by atoms with Crippen LogP contribution in [0, 0.1) is 0 Å². The number of nitrogens with zero attached hydrogens (tertiary/aromatic N) is 1. The first-order valence-electron chi connectivity index (χ1n) is 13.1. The summed E-state index contributed by atoms with van der Waals surface area (Å²) in [5.41, 5.74) is 3.55. The predicted octanol–water partition coefficient (Wildman–Crippen LogP) is 6.46. The summed E-state index contributed by atoms with van der Waals surface area (Å²) in [6.07, 6.45) is 4.42. The van der Waals surface area contributed by atoms with Gasteiger partial charge in [0, 0.05) is 16.9 Å². The van der Waals surface area contributed by atoms with Gasteiger partial charge in [0.25, 0.3) is 5.91 Å². The lowest BCUT2D eigenvalue weighted by molar-refractivity contribution is -0.146. The van der Waals surface area contributed by atoms with Crippen LogP contribution < -0.4 is 15.5 Å². The van der Waals surface area contributed by atoms with Crippen LogP contribution in [-0.2, 0) is 11.3 Å². The number of carbonyl (C=O) groups is 3. The summed E-state index contributed by atoms with van der Waals surface area (Å²) in [6.45, 7) is -0.189. The number of anilines is 2. The molecule has 4 rings (SSSR count). The van der Waals surface area contributed by atoms with E-state index in [1.807, 2.05) is 12.1 Å². The van der Waals surface area contributed by atoms with Crippen LogP contribution in [0.4, 0.5) is 16.2 Å². The van der Waals surface area contributed by atoms with Gasteiger partial charge in [-0.15, -0.1) is 0 Å². The van der Waals surface area contributed by atoms with E-state index in [0.29, 0.717) is 32.9 Å². The van der Waals surface area contributed by atoms with E-state index in [-0.39, 0.29) is 12.6 Å². The molecule has 40 heavy (non-hydrogen) atoms. The van der Waals surface area contributed by atoms with Crippen LogP contribution in [0.3, 0.4) is 0 Å². The lowest BCUT2D eigenvalue weighted by Gasteiger charge is -2.26. The van der Waals surface area contributed by atoms with Gasteiger partial charge in [0.2, 0.25) is 0 Å². The van der Waals surface area contributed by atoms with E-state index in [1.165, 1.54) is 37.7 Å². The number of aliphatic carboxylic acids is 1. The quantitative estimate of drug-likeness (QED) is 0.230. The third-order valence-corrected chi connectivity index (χ3v) is 7.73. The number of carbonyl (C=O) groups excluding carboxylic acids is 2. The van der Waals surface area contributed by atoms with Crippen molar-refractivity contribution in [3.05, 3.63) is 93.5 Å². The van der Waals surface area contributed by atoms with Crippen molar-refractivity contribution >= 4 is 52.5 Å². The number of carboxylic acids is 1. The molecule has 4 N–H and O–H groups in total. The number of aliphatic hydroxyl groups excluding tert-OH is 1. The molecule has 8 nitrogen and oxygen atoms in total. The molecule has 0 aromatic heterocycles. The highest BCUT2D eigenvalue weighted by Gasteiger charge is 2.20. The molecule has 3 aromatic rings. The van der Waals surface area contributed by atoms with E-state index in [1.54, 1.807) is 47.4 Å². The summed E-state index contributed by atoms with van der Waals surface area (Å²) in [5.74, 6) is -1.39. The van der Waals surface area contributed by atoms with Gasteiger partial charge in [-0.05, 0) is 72.4 Å². The standard InChI is InChI=1S/C30H31Cl2N3O5/c31-25-15-12-23(16-26(25)32)34-30(40)35(24-13-10-21(11-14-24)20-4-2-1-3-5-20)18-19-6-8-22(9-7-19)28(37)33-17-27(36)29(38)39/h6-16,20,27,36H,1-5,17-18H2,(H,33,37)(H,34,40)(H,38,39)/t27-/m1/s1. The maximum absolute atomic E-state index is 13.5. The molecule has 3 aromatic carbocycles. The molecular formula is C30H31Cl2N3O5. The smallest absolute Gasteiger partial charge is 0.334 e. The largest absolute Gasteiger partial charge is 0.479 e. The number of nitrogens with one attached hydrogen (secondary N) is 2. The molecule has 0 heterocycles. The summed E-state index contributed by atoms with van der Waals surface area (Å²) >= 11 is 12.2. The number of amides is 3. The Bertz CT molecular complexity index is 1340. The minimum Gasteiger partial charge on any atom is -0.479 e. The van der Waals surface area contributed by atoms with Crippen LogP contribution in [0.1, 0.15) is 59.5 Å². The minimum atomic E-state index is -1.68. The molecule has 210 valence electrons. The van der Waals surface area contributed by atoms with Crippen LogP contribution in [0.5, 0.6) is 0 Å². The average molecular weight is 585 g/mol. The Labute approximate surface area is 242 Å². The fraction of sp³-hybridized carbons (Fsp3) is 0.300. The lowest BCUT2D eigenvalue weighted by atomic mass is 9.84. The van der Waals surface area contributed by atoms with Gasteiger partial charge in [0.05, 0.1) is 23.1 Å². The van der Waals surface area contributed by atoms with Gasteiger partial charge in [-0.2, -0.15) is 0 Å². The molecule has 0 radical (unpaired) electrons. The van der Waals surface area contributed by atoms with E-state index in [0.717, 1.165) is 5.56 Å². The predicted molar refractivity (Wildman–Crippen MR) is 156 cm³/mol. The SMILES string of the molecule is O=C(NC[C@@H](O)C(=O)O)c1ccc(CN(C(=O)Nc2ccc(Cl)c(Cl)c2)c2ccc(C3CCCCC3)cc2)cc1. The average Bonchev–Trinajstić information content (AvgIpc) is 2.97. The first-order valence-corrected chi connectivity index (χ1v) is 13.9. The Kier molecular flexibility index (Phi) is 10.0. The fourth-order valence-corrected chi connectivity index (χ4v) is 5.03. The van der Waals surface area contributed by atoms with Crippen molar-refractivity contribution in [3.63, 3.8) is 0 Å². The molecule has 0 bridgehead atoms. The third-order valence-electron chi connectivity index (χ3n) is 7.00. The highest BCUT2D eigenvalue weighted by Crippen LogP contribution is 2.34. The molecule has 1 aliphatic carbocycles. The van der Waals surface area contributed by atoms with Crippen LogP contribution in [-0.4, -0.2) is 40.8 Å². The number of urea groups is 1. The van der Waals surface area contributed by atoms with Crippen LogP contribution in [0.2, 0.25) is 10.0 Å². The number of aliphatic hydroxyl groups is 1. The van der Waals surface area contributed by atoms with Gasteiger partial charge >= 0.3 is 12.0 Å². The molecule has 0 aliphatic heterocycles. The Hall–Kier alpha value is -3.59. The van der Waals surface area contributed by atoms with Crippen LogP contribution >= 0.6 is 23.2 Å². The molecule has 3 amide bonds. The van der Waals surface area contributed by atoms with Gasteiger partial charge in [-0.25, -0.2) is 9.59 Å². The van der Waals surface area contributed by atoms with Crippen molar-refractivity contribution in [2.45, 2.75) is 50.7 Å². The summed E-state index contributed by atoms with van der Waals surface area (Å²) in [6, 6.07) is 19.2. The van der Waals surface area contributed by atoms with Crippen molar-refractivity contribution in [2.24, 2.45) is 0 Å². The zero-order chi connectivity index (χ0) is 28.6. The van der Waals surface area contributed by atoms with E-state index in [2.05, 4.69) is 22.8 Å². The van der Waals surface area contributed by atoms with E-state index in [4.69, 9.17) is 28.3 Å². The zero-order valence-corrected chi connectivity index (χ0v) is 23.3. The van der Waals surface area contributed by atoms with Crippen LogP contribution in [0.15, 0.2) is 66.7 Å². The maximum atomic E-state index is 13.5. The van der Waals surface area contributed by atoms with Gasteiger partial charge in [0.1, 0.15) is 0 Å². The van der Waals surface area contributed by atoms with Crippen molar-refractivity contribution in [1.29, 1.82) is 0 Å². The highest BCUT2D eigenvalue weighted by atomic mass is 35.5. The maximum Gasteiger partial charge on any atom is 0.334 e. The van der Waals surface area contributed by atoms with Gasteiger partial charge < -0.3 is 20.8 Å². The van der Waals surface area contributed by atoms with E-state index < -0.39 is 24.5 Å². The van der Waals surface area contributed by atoms with Crippen molar-refractivity contribution in [1.82, 2.24) is 5.32 Å². The number of hydrogen-bond acceptors (Lipinski definition) is 4. The molecule has 10 heteroatoms. The number of carboxylic acid groups (broad SMARTS) is 1. The normalized spacial score (nSPS) is 14.3. The highest BCUT2D eigenvalue weighted by molar-refractivity contribution is 6.42. The summed E-state index contributed by atoms with van der Waals surface area (Å²) in [5, 5.41) is 24.1. The van der Waals surface area contributed by atoms with E-state index >= 15 is 0 Å². The second-order valence-electron chi connectivity index (χ2n) is 9.83. The lowest BCUT2D eigenvalue weighted by Crippen LogP contribution is -2.36. The van der Waals surface area contributed by atoms with Crippen molar-refractivity contribution < 1.29 is 24.6 Å². The first-order chi connectivity index (χ1) is 19.2. The second kappa shape index (κ2) is 13.7. The molecular weight excluding hydrogens is 553 g/mol. The Morgan fingerprint density at radius 3 is 2.20 bits per heavy atom. The third kappa shape index (κ3) is 7.75. The monoisotopic (exact) mass is 583 g/mol. The molecule has 0 unspecified atom stereocenters. The summed E-state index contributed by atoms with van der Waals surface area (Å²) in [4.78, 5) is 38.2. The van der Waals surface area contributed by atoms with Gasteiger partial charge in [-0.1, -0.05) is 66.7 Å². The first kappa shape index (κ1) is 29.4. The minimum absolute atomic E-state index is 0.218. The number of rotatable bonds is 9. The molecule has 1 fully saturated rings. The Morgan fingerprint density at radius 2 is 1.57 bits per heavy atom. The number of hydrogen-bond donors (Lipinski definition) is 4. The Balaban J connectivity index is 1.52. The summed E-state index contributed by atoms with van der Waals surface area (Å²) in [7, 11) is 0. The second-order valence-corrected chi connectivity index (χ2v) is 10.6. The number of halogens is 2. The Morgan fingerprint density at radius 1 is 0.900 bits per heavy atom.